The highest BCUT2D eigenvalue weighted by atomic mass is 16.5. The molecule has 0 saturated carbocycles. The highest BCUT2D eigenvalue weighted by Crippen LogP contribution is 2.14. The second-order valence-corrected chi connectivity index (χ2v) is 17.5. The van der Waals surface area contributed by atoms with Crippen molar-refractivity contribution < 1.29 is 24.5 Å². The predicted octanol–water partition coefficient (Wildman–Crippen LogP) is 15.5. The topological polar surface area (TPSA) is 95.9 Å². The van der Waals surface area contributed by atoms with Crippen LogP contribution in [0.5, 0.6) is 0 Å². The molecular formula is C54H99NO5. The first kappa shape index (κ1) is 57.8. The van der Waals surface area contributed by atoms with Crippen LogP contribution in [0.15, 0.2) is 48.6 Å². The second kappa shape index (κ2) is 49.5. The summed E-state index contributed by atoms with van der Waals surface area (Å²) >= 11 is 0. The van der Waals surface area contributed by atoms with Crippen molar-refractivity contribution in [2.24, 2.45) is 0 Å². The van der Waals surface area contributed by atoms with Crippen molar-refractivity contribution in [2.75, 3.05) is 13.2 Å². The second-order valence-electron chi connectivity index (χ2n) is 17.5. The van der Waals surface area contributed by atoms with Gasteiger partial charge in [-0.15, -0.1) is 0 Å². The lowest BCUT2D eigenvalue weighted by atomic mass is 10.0. The molecule has 0 aliphatic heterocycles. The minimum atomic E-state index is -0.855. The van der Waals surface area contributed by atoms with Gasteiger partial charge in [-0.1, -0.05) is 197 Å². The zero-order chi connectivity index (χ0) is 43.7. The maximum absolute atomic E-state index is 12.4. The van der Waals surface area contributed by atoms with Crippen LogP contribution >= 0.6 is 0 Å². The van der Waals surface area contributed by atoms with Crippen LogP contribution in [-0.2, 0) is 14.3 Å². The lowest BCUT2D eigenvalue weighted by molar-refractivity contribution is -0.143. The summed E-state index contributed by atoms with van der Waals surface area (Å²) in [6.45, 7) is 4.82. The Morgan fingerprint density at radius 1 is 0.467 bits per heavy atom. The van der Waals surface area contributed by atoms with Gasteiger partial charge in [0.1, 0.15) is 0 Å². The van der Waals surface area contributed by atoms with Gasteiger partial charge >= 0.3 is 5.97 Å². The number of esters is 1. The van der Waals surface area contributed by atoms with Crippen molar-refractivity contribution >= 4 is 11.9 Å². The Kier molecular flexibility index (Phi) is 47.7. The molecule has 0 rings (SSSR count). The molecular weight excluding hydrogens is 743 g/mol. The van der Waals surface area contributed by atoms with Crippen LogP contribution in [0.4, 0.5) is 0 Å². The first-order valence-electron chi connectivity index (χ1n) is 25.9. The molecule has 0 heterocycles. The number of allylic oxidation sites excluding steroid dienone is 7. The Hall–Kier alpha value is -2.18. The Bertz CT molecular complexity index is 1020. The summed E-state index contributed by atoms with van der Waals surface area (Å²) in [7, 11) is 0. The van der Waals surface area contributed by atoms with Gasteiger partial charge in [-0.05, 0) is 96.3 Å². The standard InChI is InChI=1S/C54H99NO5/c1-3-5-7-9-11-13-15-22-26-30-34-38-42-46-52(57)51(50-56)55-53(58)47-43-39-35-31-27-24-20-18-17-19-21-25-29-33-37-41-45-49-60-54(59)48-44-40-36-32-28-23-16-14-12-10-8-6-4-2/h14,16-17,19,25,29,42,46,51-52,56-57H,3-13,15,18,20-24,26-28,30-41,43-45,47-50H2,1-2H3,(H,55,58)/b16-14-,19-17-,29-25-,46-42+. The number of ether oxygens (including phenoxy) is 1. The van der Waals surface area contributed by atoms with E-state index in [4.69, 9.17) is 4.74 Å². The Labute approximate surface area is 372 Å². The maximum atomic E-state index is 12.4. The minimum absolute atomic E-state index is 0.0267. The van der Waals surface area contributed by atoms with E-state index in [1.807, 2.05) is 6.08 Å². The van der Waals surface area contributed by atoms with E-state index in [-0.39, 0.29) is 18.5 Å². The van der Waals surface area contributed by atoms with Crippen molar-refractivity contribution in [1.82, 2.24) is 5.32 Å². The first-order chi connectivity index (χ1) is 29.5. The number of hydrogen-bond acceptors (Lipinski definition) is 5. The van der Waals surface area contributed by atoms with E-state index in [0.717, 1.165) is 83.5 Å². The quantitative estimate of drug-likeness (QED) is 0.0322. The van der Waals surface area contributed by atoms with E-state index in [1.165, 1.54) is 148 Å². The predicted molar refractivity (Wildman–Crippen MR) is 259 cm³/mol. The fraction of sp³-hybridized carbons (Fsp3) is 0.815. The van der Waals surface area contributed by atoms with E-state index in [1.54, 1.807) is 6.08 Å². The van der Waals surface area contributed by atoms with Gasteiger partial charge in [0.2, 0.25) is 5.91 Å². The summed E-state index contributed by atoms with van der Waals surface area (Å²) in [6, 6.07) is -0.640. The molecule has 60 heavy (non-hydrogen) atoms. The van der Waals surface area contributed by atoms with E-state index in [2.05, 4.69) is 55.6 Å². The summed E-state index contributed by atoms with van der Waals surface area (Å²) in [6.07, 6.45) is 61.1. The molecule has 0 radical (unpaired) electrons. The lowest BCUT2D eigenvalue weighted by Gasteiger charge is -2.20. The molecule has 6 nitrogen and oxygen atoms in total. The monoisotopic (exact) mass is 842 g/mol. The smallest absolute Gasteiger partial charge is 0.305 e. The van der Waals surface area contributed by atoms with Gasteiger partial charge in [0.05, 0.1) is 25.4 Å². The number of hydrogen-bond donors (Lipinski definition) is 3. The Morgan fingerprint density at radius 2 is 0.833 bits per heavy atom. The number of carbonyl (C=O) groups is 2. The SMILES string of the molecule is CCCCCC/C=C\CCCCCCCC(=O)OCCCCC/C=C\C/C=C\CCCCCCCCCC(=O)NC(CO)C(O)/C=C/CCCCCCCCCCCCC. The van der Waals surface area contributed by atoms with Gasteiger partial charge in [-0.2, -0.15) is 0 Å². The molecule has 0 aromatic carbocycles. The van der Waals surface area contributed by atoms with Gasteiger partial charge in [0.15, 0.2) is 0 Å². The van der Waals surface area contributed by atoms with Crippen LogP contribution in [-0.4, -0.2) is 47.4 Å². The normalized spacial score (nSPS) is 13.1. The van der Waals surface area contributed by atoms with Gasteiger partial charge in [-0.3, -0.25) is 9.59 Å². The third-order valence-electron chi connectivity index (χ3n) is 11.6. The fourth-order valence-corrected chi connectivity index (χ4v) is 7.54. The Morgan fingerprint density at radius 3 is 1.30 bits per heavy atom. The van der Waals surface area contributed by atoms with Crippen LogP contribution in [0, 0.1) is 0 Å². The summed E-state index contributed by atoms with van der Waals surface area (Å²) in [5.74, 6) is -0.113. The number of aliphatic hydroxyl groups is 2. The molecule has 0 bridgehead atoms. The van der Waals surface area contributed by atoms with E-state index in [9.17, 15) is 19.8 Å². The van der Waals surface area contributed by atoms with Crippen LogP contribution in [0.3, 0.4) is 0 Å². The molecule has 0 aromatic heterocycles. The van der Waals surface area contributed by atoms with Crippen LogP contribution < -0.4 is 5.32 Å². The maximum Gasteiger partial charge on any atom is 0.305 e. The van der Waals surface area contributed by atoms with Crippen LogP contribution in [0.25, 0.3) is 0 Å². The molecule has 2 unspecified atom stereocenters. The van der Waals surface area contributed by atoms with Gasteiger partial charge < -0.3 is 20.3 Å². The minimum Gasteiger partial charge on any atom is -0.466 e. The number of amides is 1. The number of unbranched alkanes of at least 4 members (excludes halogenated alkanes) is 30. The summed E-state index contributed by atoms with van der Waals surface area (Å²) in [5, 5.41) is 23.0. The summed E-state index contributed by atoms with van der Waals surface area (Å²) in [5.41, 5.74) is 0. The molecule has 6 heteroatoms. The largest absolute Gasteiger partial charge is 0.466 e. The zero-order valence-electron chi connectivity index (χ0n) is 39.7. The van der Waals surface area contributed by atoms with Gasteiger partial charge in [0, 0.05) is 12.8 Å². The van der Waals surface area contributed by atoms with Crippen molar-refractivity contribution in [1.29, 1.82) is 0 Å². The summed E-state index contributed by atoms with van der Waals surface area (Å²) in [4.78, 5) is 24.4. The molecule has 0 aliphatic rings. The van der Waals surface area contributed by atoms with Crippen molar-refractivity contribution in [3.63, 3.8) is 0 Å². The zero-order valence-corrected chi connectivity index (χ0v) is 39.7. The molecule has 350 valence electrons. The van der Waals surface area contributed by atoms with Crippen molar-refractivity contribution in [3.05, 3.63) is 48.6 Å². The van der Waals surface area contributed by atoms with Crippen LogP contribution in [0.2, 0.25) is 0 Å². The highest BCUT2D eigenvalue weighted by molar-refractivity contribution is 5.76. The fourth-order valence-electron chi connectivity index (χ4n) is 7.54. The molecule has 2 atom stereocenters. The highest BCUT2D eigenvalue weighted by Gasteiger charge is 2.18. The molecule has 3 N–H and O–H groups in total. The molecule has 0 fully saturated rings. The van der Waals surface area contributed by atoms with E-state index < -0.39 is 12.1 Å². The molecule has 0 aromatic rings. The molecule has 1 amide bonds. The lowest BCUT2D eigenvalue weighted by Crippen LogP contribution is -2.45. The van der Waals surface area contributed by atoms with E-state index in [0.29, 0.717) is 19.4 Å². The van der Waals surface area contributed by atoms with Gasteiger partial charge in [-0.25, -0.2) is 0 Å². The number of nitrogens with one attached hydrogen (secondary N) is 1. The van der Waals surface area contributed by atoms with Gasteiger partial charge in [0.25, 0.3) is 0 Å². The first-order valence-corrected chi connectivity index (χ1v) is 25.9. The molecule has 0 spiro atoms. The average molecular weight is 842 g/mol. The summed E-state index contributed by atoms with van der Waals surface area (Å²) < 4.78 is 5.43. The molecule has 0 saturated heterocycles. The number of rotatable bonds is 47. The third-order valence-corrected chi connectivity index (χ3v) is 11.6. The van der Waals surface area contributed by atoms with Crippen LogP contribution in [0.1, 0.15) is 258 Å². The molecule has 0 aliphatic carbocycles. The van der Waals surface area contributed by atoms with Crippen molar-refractivity contribution in [2.45, 2.75) is 270 Å². The number of aliphatic hydroxyl groups excluding tert-OH is 2. The Balaban J connectivity index is 3.55. The van der Waals surface area contributed by atoms with Crippen molar-refractivity contribution in [3.8, 4) is 0 Å². The third kappa shape index (κ3) is 45.3. The average Bonchev–Trinajstić information content (AvgIpc) is 3.25. The van der Waals surface area contributed by atoms with E-state index >= 15 is 0 Å². The number of carbonyl (C=O) groups excluding carboxylic acids is 2.